The number of amides is 1. The zero-order chi connectivity index (χ0) is 14.9. The van der Waals surface area contributed by atoms with Crippen LogP contribution in [-0.2, 0) is 0 Å². The van der Waals surface area contributed by atoms with Crippen LogP contribution < -0.4 is 15.4 Å². The molecule has 2 saturated heterocycles. The Morgan fingerprint density at radius 3 is 2.41 bits per heavy atom. The molecule has 2 aliphatic heterocycles. The Bertz CT molecular complexity index is 527. The fourth-order valence-electron chi connectivity index (χ4n) is 3.64. The molecule has 2 bridgehead atoms. The molecular weight excluding hydrogens is 276 g/mol. The number of ether oxygens (including phenoxy) is 1. The van der Waals surface area contributed by atoms with Gasteiger partial charge in [-0.05, 0) is 68.7 Å². The van der Waals surface area contributed by atoms with Crippen LogP contribution >= 0.6 is 0 Å². The molecule has 1 aliphatic carbocycles. The predicted octanol–water partition coefficient (Wildman–Crippen LogP) is 2.49. The summed E-state index contributed by atoms with van der Waals surface area (Å²) in [5, 5.41) is 6.80. The van der Waals surface area contributed by atoms with E-state index in [-0.39, 0.29) is 5.91 Å². The summed E-state index contributed by atoms with van der Waals surface area (Å²) >= 11 is 0. The van der Waals surface area contributed by atoms with Crippen LogP contribution in [0.25, 0.3) is 0 Å². The van der Waals surface area contributed by atoms with Crippen molar-refractivity contribution < 1.29 is 9.53 Å². The van der Waals surface area contributed by atoms with Gasteiger partial charge in [-0.1, -0.05) is 0 Å². The Balaban J connectivity index is 1.31. The number of hydrogen-bond acceptors (Lipinski definition) is 3. The van der Waals surface area contributed by atoms with Gasteiger partial charge in [-0.2, -0.15) is 0 Å². The first-order valence-corrected chi connectivity index (χ1v) is 8.56. The van der Waals surface area contributed by atoms with Crippen LogP contribution in [-0.4, -0.2) is 30.6 Å². The van der Waals surface area contributed by atoms with E-state index in [4.69, 9.17) is 4.74 Å². The van der Waals surface area contributed by atoms with Gasteiger partial charge >= 0.3 is 0 Å². The van der Waals surface area contributed by atoms with Crippen LogP contribution in [0.5, 0.6) is 5.75 Å². The standard InChI is InChI=1S/C18H24N2O2/c21-18(20-16-9-14-5-6-15(10-16)19-14)13-3-7-17(8-4-13)22-11-12-1-2-12/h3-4,7-8,12,14-16,19H,1-2,5-6,9-11H2,(H,20,21). The van der Waals surface area contributed by atoms with Gasteiger partial charge in [0.05, 0.1) is 6.61 Å². The molecule has 0 radical (unpaired) electrons. The summed E-state index contributed by atoms with van der Waals surface area (Å²) in [7, 11) is 0. The van der Waals surface area contributed by atoms with Crippen LogP contribution in [0, 0.1) is 5.92 Å². The van der Waals surface area contributed by atoms with E-state index in [9.17, 15) is 4.79 Å². The fraction of sp³-hybridized carbons (Fsp3) is 0.611. The summed E-state index contributed by atoms with van der Waals surface area (Å²) in [5.41, 5.74) is 0.727. The third-order valence-corrected chi connectivity index (χ3v) is 5.11. The average molecular weight is 300 g/mol. The maximum atomic E-state index is 12.4. The smallest absolute Gasteiger partial charge is 0.251 e. The molecule has 1 saturated carbocycles. The second kappa shape index (κ2) is 5.92. The lowest BCUT2D eigenvalue weighted by molar-refractivity contribution is 0.0924. The summed E-state index contributed by atoms with van der Waals surface area (Å²) in [6, 6.07) is 9.06. The van der Waals surface area contributed by atoms with Crippen LogP contribution in [0.1, 0.15) is 48.9 Å². The minimum Gasteiger partial charge on any atom is -0.493 e. The lowest BCUT2D eigenvalue weighted by Gasteiger charge is -2.29. The molecule has 3 fully saturated rings. The lowest BCUT2D eigenvalue weighted by Crippen LogP contribution is -2.48. The van der Waals surface area contributed by atoms with Crippen molar-refractivity contribution in [1.82, 2.24) is 10.6 Å². The second-order valence-electron chi connectivity index (χ2n) is 7.06. The number of hydrogen-bond donors (Lipinski definition) is 2. The Kier molecular flexibility index (Phi) is 3.78. The van der Waals surface area contributed by atoms with Crippen molar-refractivity contribution in [2.24, 2.45) is 5.92 Å². The SMILES string of the molecule is O=C(NC1CC2CCC(C1)N2)c1ccc(OCC2CC2)cc1. The number of nitrogens with one attached hydrogen (secondary N) is 2. The summed E-state index contributed by atoms with van der Waals surface area (Å²) in [5.74, 6) is 1.65. The van der Waals surface area contributed by atoms with Crippen LogP contribution in [0.15, 0.2) is 24.3 Å². The highest BCUT2D eigenvalue weighted by Crippen LogP contribution is 2.29. The molecule has 22 heavy (non-hydrogen) atoms. The molecule has 1 amide bonds. The van der Waals surface area contributed by atoms with E-state index in [1.165, 1.54) is 25.7 Å². The Hall–Kier alpha value is -1.55. The summed E-state index contributed by atoms with van der Waals surface area (Å²) < 4.78 is 5.71. The number of carbonyl (C=O) groups is 1. The zero-order valence-electron chi connectivity index (χ0n) is 12.9. The van der Waals surface area contributed by atoms with Crippen molar-refractivity contribution in [2.75, 3.05) is 6.61 Å². The van der Waals surface area contributed by atoms with Gasteiger partial charge in [0.25, 0.3) is 5.91 Å². The maximum Gasteiger partial charge on any atom is 0.251 e. The number of rotatable bonds is 5. The molecule has 4 rings (SSSR count). The van der Waals surface area contributed by atoms with Gasteiger partial charge in [0, 0.05) is 23.7 Å². The monoisotopic (exact) mass is 300 g/mol. The van der Waals surface area contributed by atoms with Crippen LogP contribution in [0.3, 0.4) is 0 Å². The second-order valence-corrected chi connectivity index (χ2v) is 7.06. The normalized spacial score (nSPS) is 30.1. The van der Waals surface area contributed by atoms with E-state index in [0.717, 1.165) is 36.7 Å². The largest absolute Gasteiger partial charge is 0.493 e. The number of benzene rings is 1. The van der Waals surface area contributed by atoms with Gasteiger partial charge in [0.15, 0.2) is 0 Å². The van der Waals surface area contributed by atoms with Gasteiger partial charge in [0.2, 0.25) is 0 Å². The first kappa shape index (κ1) is 14.1. The first-order chi connectivity index (χ1) is 10.8. The van der Waals surface area contributed by atoms with E-state index < -0.39 is 0 Å². The molecule has 0 aromatic heterocycles. The first-order valence-electron chi connectivity index (χ1n) is 8.56. The molecule has 4 heteroatoms. The third-order valence-electron chi connectivity index (χ3n) is 5.11. The molecule has 0 spiro atoms. The minimum absolute atomic E-state index is 0.0417. The van der Waals surface area contributed by atoms with Crippen molar-refractivity contribution >= 4 is 5.91 Å². The fourth-order valence-corrected chi connectivity index (χ4v) is 3.64. The highest BCUT2D eigenvalue weighted by atomic mass is 16.5. The zero-order valence-corrected chi connectivity index (χ0v) is 12.9. The maximum absolute atomic E-state index is 12.4. The Morgan fingerprint density at radius 1 is 1.09 bits per heavy atom. The Labute approximate surface area is 131 Å². The van der Waals surface area contributed by atoms with Crippen LogP contribution in [0.4, 0.5) is 0 Å². The summed E-state index contributed by atoms with van der Waals surface area (Å²) in [4.78, 5) is 12.4. The molecule has 2 heterocycles. The molecular formula is C18H24N2O2. The third kappa shape index (κ3) is 3.27. The quantitative estimate of drug-likeness (QED) is 0.878. The van der Waals surface area contributed by atoms with E-state index in [1.54, 1.807) is 0 Å². The Morgan fingerprint density at radius 2 is 1.77 bits per heavy atom. The molecule has 118 valence electrons. The predicted molar refractivity (Wildman–Crippen MR) is 85.1 cm³/mol. The van der Waals surface area contributed by atoms with Crippen molar-refractivity contribution in [3.8, 4) is 5.75 Å². The van der Waals surface area contributed by atoms with E-state index in [1.807, 2.05) is 24.3 Å². The number of fused-ring (bicyclic) bond motifs is 2. The summed E-state index contributed by atoms with van der Waals surface area (Å²) in [6.45, 7) is 0.809. The van der Waals surface area contributed by atoms with Gasteiger partial charge < -0.3 is 15.4 Å². The van der Waals surface area contributed by atoms with E-state index in [0.29, 0.717) is 18.1 Å². The number of carbonyl (C=O) groups excluding carboxylic acids is 1. The summed E-state index contributed by atoms with van der Waals surface area (Å²) in [6.07, 6.45) is 7.21. The van der Waals surface area contributed by atoms with Gasteiger partial charge in [-0.25, -0.2) is 0 Å². The van der Waals surface area contributed by atoms with E-state index >= 15 is 0 Å². The van der Waals surface area contributed by atoms with Crippen molar-refractivity contribution in [3.05, 3.63) is 29.8 Å². The topological polar surface area (TPSA) is 50.4 Å². The molecule has 4 nitrogen and oxygen atoms in total. The lowest BCUT2D eigenvalue weighted by atomic mass is 9.99. The van der Waals surface area contributed by atoms with Crippen molar-refractivity contribution in [2.45, 2.75) is 56.7 Å². The van der Waals surface area contributed by atoms with Gasteiger partial charge in [0.1, 0.15) is 5.75 Å². The molecule has 1 aromatic carbocycles. The molecule has 2 unspecified atom stereocenters. The minimum atomic E-state index is 0.0417. The van der Waals surface area contributed by atoms with Crippen molar-refractivity contribution in [1.29, 1.82) is 0 Å². The van der Waals surface area contributed by atoms with Crippen molar-refractivity contribution in [3.63, 3.8) is 0 Å². The molecule has 3 aliphatic rings. The van der Waals surface area contributed by atoms with E-state index in [2.05, 4.69) is 10.6 Å². The molecule has 1 aromatic rings. The number of piperidine rings is 1. The van der Waals surface area contributed by atoms with Gasteiger partial charge in [-0.3, -0.25) is 4.79 Å². The molecule has 2 N–H and O–H groups in total. The average Bonchev–Trinajstić information content (AvgIpc) is 3.30. The highest BCUT2D eigenvalue weighted by Gasteiger charge is 2.34. The van der Waals surface area contributed by atoms with Crippen LogP contribution in [0.2, 0.25) is 0 Å². The molecule has 2 atom stereocenters. The highest BCUT2D eigenvalue weighted by molar-refractivity contribution is 5.94. The van der Waals surface area contributed by atoms with Gasteiger partial charge in [-0.15, -0.1) is 0 Å².